The van der Waals surface area contributed by atoms with Crippen molar-refractivity contribution in [3.05, 3.63) is 0 Å². The van der Waals surface area contributed by atoms with Crippen LogP contribution < -0.4 is 5.32 Å². The molecular weight excluding hydrogens is 190 g/mol. The first kappa shape index (κ1) is 12.4. The number of thioether (sulfide) groups is 1. The smallest absolute Gasteiger partial charge is 0.00202 e. The lowest BCUT2D eigenvalue weighted by Crippen LogP contribution is -2.29. The molecule has 1 heterocycles. The molecule has 2 heteroatoms. The number of piperidine rings is 1. The van der Waals surface area contributed by atoms with Gasteiger partial charge in [-0.1, -0.05) is 19.8 Å². The summed E-state index contributed by atoms with van der Waals surface area (Å²) >= 11 is 2.16. The van der Waals surface area contributed by atoms with Crippen LogP contribution in [0, 0.1) is 5.92 Å². The fraction of sp³-hybridized carbons (Fsp3) is 1.00. The second-order valence-electron chi connectivity index (χ2n) is 4.32. The molecule has 1 rings (SSSR count). The largest absolute Gasteiger partial charge is 0.316 e. The van der Waals surface area contributed by atoms with Crippen LogP contribution in [0.1, 0.15) is 45.4 Å². The van der Waals surface area contributed by atoms with Crippen molar-refractivity contribution in [3.63, 3.8) is 0 Å². The molecule has 0 saturated carbocycles. The van der Waals surface area contributed by atoms with Crippen molar-refractivity contribution in [2.45, 2.75) is 45.4 Å². The highest BCUT2D eigenvalue weighted by Crippen LogP contribution is 2.17. The Kier molecular flexibility index (Phi) is 7.61. The molecule has 1 N–H and O–H groups in total. The van der Waals surface area contributed by atoms with Crippen LogP contribution in [0.15, 0.2) is 0 Å². The van der Waals surface area contributed by atoms with E-state index in [1.807, 2.05) is 0 Å². The molecule has 1 nitrogen and oxygen atoms in total. The van der Waals surface area contributed by atoms with Crippen molar-refractivity contribution in [2.24, 2.45) is 5.92 Å². The Hall–Kier alpha value is 0.310. The van der Waals surface area contributed by atoms with Crippen LogP contribution >= 0.6 is 11.8 Å². The molecule has 1 aliphatic heterocycles. The van der Waals surface area contributed by atoms with Gasteiger partial charge in [-0.25, -0.2) is 0 Å². The lowest BCUT2D eigenvalue weighted by molar-refractivity contribution is 0.371. The van der Waals surface area contributed by atoms with Gasteiger partial charge in [0.2, 0.25) is 0 Å². The van der Waals surface area contributed by atoms with Crippen molar-refractivity contribution in [2.75, 3.05) is 24.6 Å². The van der Waals surface area contributed by atoms with E-state index >= 15 is 0 Å². The molecule has 0 radical (unpaired) electrons. The molecule has 0 aliphatic carbocycles. The monoisotopic (exact) mass is 215 g/mol. The second-order valence-corrected chi connectivity index (χ2v) is 5.55. The molecule has 1 atom stereocenters. The third kappa shape index (κ3) is 5.92. The highest BCUT2D eigenvalue weighted by atomic mass is 32.2. The Morgan fingerprint density at radius 2 is 2.21 bits per heavy atom. The summed E-state index contributed by atoms with van der Waals surface area (Å²) in [6.45, 7) is 4.80. The average Bonchev–Trinajstić information content (AvgIpc) is 2.25. The van der Waals surface area contributed by atoms with E-state index < -0.39 is 0 Å². The first-order chi connectivity index (χ1) is 6.93. The minimum Gasteiger partial charge on any atom is -0.316 e. The number of hydrogen-bond donors (Lipinski definition) is 1. The summed E-state index contributed by atoms with van der Waals surface area (Å²) in [6.07, 6.45) is 8.48. The van der Waals surface area contributed by atoms with Crippen molar-refractivity contribution < 1.29 is 0 Å². The highest BCUT2D eigenvalue weighted by molar-refractivity contribution is 7.99. The first-order valence-corrected chi connectivity index (χ1v) is 7.37. The zero-order chi connectivity index (χ0) is 10.1. The van der Waals surface area contributed by atoms with Crippen LogP contribution in [0.25, 0.3) is 0 Å². The maximum Gasteiger partial charge on any atom is -0.00202 e. The molecule has 0 aromatic heterocycles. The Morgan fingerprint density at radius 3 is 2.93 bits per heavy atom. The lowest BCUT2D eigenvalue weighted by Gasteiger charge is -2.22. The van der Waals surface area contributed by atoms with Crippen molar-refractivity contribution in [3.8, 4) is 0 Å². The molecule has 14 heavy (non-hydrogen) atoms. The van der Waals surface area contributed by atoms with Crippen LogP contribution in [-0.2, 0) is 0 Å². The SMILES string of the molecule is CCCCCSCCC1CCCNC1. The normalized spacial score (nSPS) is 22.5. The zero-order valence-electron chi connectivity index (χ0n) is 9.56. The summed E-state index contributed by atoms with van der Waals surface area (Å²) in [5.41, 5.74) is 0. The summed E-state index contributed by atoms with van der Waals surface area (Å²) in [5, 5.41) is 3.49. The van der Waals surface area contributed by atoms with Gasteiger partial charge in [0.05, 0.1) is 0 Å². The number of hydrogen-bond acceptors (Lipinski definition) is 2. The van der Waals surface area contributed by atoms with Crippen LogP contribution in [0.4, 0.5) is 0 Å². The molecule has 0 aromatic rings. The van der Waals surface area contributed by atoms with Crippen LogP contribution in [0.5, 0.6) is 0 Å². The standard InChI is InChI=1S/C12H25NS/c1-2-3-4-9-14-10-7-12-6-5-8-13-11-12/h12-13H,2-11H2,1H3. The molecule has 1 unspecified atom stereocenters. The van der Waals surface area contributed by atoms with Gasteiger partial charge in [-0.15, -0.1) is 0 Å². The number of unbranched alkanes of at least 4 members (excludes halogenated alkanes) is 2. The van der Waals surface area contributed by atoms with E-state index in [2.05, 4.69) is 24.0 Å². The second kappa shape index (κ2) is 8.60. The molecule has 1 aliphatic rings. The Balaban J connectivity index is 1.82. The Labute approximate surface area is 93.4 Å². The van der Waals surface area contributed by atoms with Crippen LogP contribution in [0.3, 0.4) is 0 Å². The van der Waals surface area contributed by atoms with E-state index in [0.717, 1.165) is 5.92 Å². The number of nitrogens with one attached hydrogen (secondary N) is 1. The quantitative estimate of drug-likeness (QED) is 0.654. The summed E-state index contributed by atoms with van der Waals surface area (Å²) in [5.74, 6) is 3.74. The Morgan fingerprint density at radius 1 is 1.29 bits per heavy atom. The summed E-state index contributed by atoms with van der Waals surface area (Å²) in [7, 11) is 0. The molecule has 0 amide bonds. The van der Waals surface area contributed by atoms with E-state index in [0.29, 0.717) is 0 Å². The van der Waals surface area contributed by atoms with Gasteiger partial charge in [0.15, 0.2) is 0 Å². The molecule has 1 fully saturated rings. The predicted molar refractivity (Wildman–Crippen MR) is 67.1 cm³/mol. The third-order valence-electron chi connectivity index (χ3n) is 2.96. The number of rotatable bonds is 7. The van der Waals surface area contributed by atoms with E-state index in [1.54, 1.807) is 0 Å². The lowest BCUT2D eigenvalue weighted by atomic mass is 9.97. The van der Waals surface area contributed by atoms with Gasteiger partial charge in [0.25, 0.3) is 0 Å². The van der Waals surface area contributed by atoms with E-state index in [9.17, 15) is 0 Å². The van der Waals surface area contributed by atoms with Gasteiger partial charge in [0, 0.05) is 0 Å². The van der Waals surface area contributed by atoms with Gasteiger partial charge < -0.3 is 5.32 Å². The fourth-order valence-electron chi connectivity index (χ4n) is 1.98. The minimum atomic E-state index is 0.974. The molecule has 84 valence electrons. The minimum absolute atomic E-state index is 0.974. The highest BCUT2D eigenvalue weighted by Gasteiger charge is 2.11. The summed E-state index contributed by atoms with van der Waals surface area (Å²) < 4.78 is 0. The fourth-order valence-corrected chi connectivity index (χ4v) is 3.09. The Bertz CT molecular complexity index is 121. The predicted octanol–water partition coefficient (Wildman–Crippen LogP) is 3.30. The zero-order valence-corrected chi connectivity index (χ0v) is 10.4. The van der Waals surface area contributed by atoms with E-state index in [-0.39, 0.29) is 0 Å². The maximum absolute atomic E-state index is 3.49. The molecular formula is C12H25NS. The van der Waals surface area contributed by atoms with Gasteiger partial charge in [-0.2, -0.15) is 11.8 Å². The van der Waals surface area contributed by atoms with Gasteiger partial charge in [-0.3, -0.25) is 0 Å². The van der Waals surface area contributed by atoms with Crippen LogP contribution in [0.2, 0.25) is 0 Å². The van der Waals surface area contributed by atoms with Crippen molar-refractivity contribution in [1.29, 1.82) is 0 Å². The van der Waals surface area contributed by atoms with Crippen molar-refractivity contribution in [1.82, 2.24) is 5.32 Å². The van der Waals surface area contributed by atoms with Gasteiger partial charge >= 0.3 is 0 Å². The molecule has 0 bridgehead atoms. The summed E-state index contributed by atoms with van der Waals surface area (Å²) in [6, 6.07) is 0. The molecule has 0 spiro atoms. The maximum atomic E-state index is 3.49. The molecule has 0 aromatic carbocycles. The molecule has 1 saturated heterocycles. The van der Waals surface area contributed by atoms with Crippen molar-refractivity contribution >= 4 is 11.8 Å². The topological polar surface area (TPSA) is 12.0 Å². The van der Waals surface area contributed by atoms with Crippen LogP contribution in [-0.4, -0.2) is 24.6 Å². The van der Waals surface area contributed by atoms with Gasteiger partial charge in [0.1, 0.15) is 0 Å². The van der Waals surface area contributed by atoms with E-state index in [1.165, 1.54) is 63.1 Å². The van der Waals surface area contributed by atoms with E-state index in [4.69, 9.17) is 0 Å². The average molecular weight is 215 g/mol. The first-order valence-electron chi connectivity index (χ1n) is 6.22. The third-order valence-corrected chi connectivity index (χ3v) is 4.06. The van der Waals surface area contributed by atoms with Gasteiger partial charge in [-0.05, 0) is 56.2 Å². The summed E-state index contributed by atoms with van der Waals surface area (Å²) in [4.78, 5) is 0.